The summed E-state index contributed by atoms with van der Waals surface area (Å²) in [7, 11) is 0. The summed E-state index contributed by atoms with van der Waals surface area (Å²) in [6.45, 7) is 0.768. The van der Waals surface area contributed by atoms with Gasteiger partial charge in [-0.3, -0.25) is 4.98 Å². The lowest BCUT2D eigenvalue weighted by atomic mass is 10.1. The number of aromatic amines is 1. The van der Waals surface area contributed by atoms with Gasteiger partial charge in [0, 0.05) is 40.9 Å². The number of hydrogen-bond donors (Lipinski definition) is 2. The molecule has 3 heteroatoms. The highest BCUT2D eigenvalue weighted by Gasteiger charge is 2.02. The number of nitrogens with one attached hydrogen (secondary N) is 2. The van der Waals surface area contributed by atoms with Crippen molar-refractivity contribution in [3.63, 3.8) is 0 Å². The predicted octanol–water partition coefficient (Wildman–Crippen LogP) is 4.33. The molecule has 0 saturated heterocycles. The summed E-state index contributed by atoms with van der Waals surface area (Å²) in [5, 5.41) is 5.88. The number of hydrogen-bond acceptors (Lipinski definition) is 2. The molecular formula is C18H15N3. The maximum Gasteiger partial charge on any atom is 0.0751 e. The van der Waals surface area contributed by atoms with E-state index >= 15 is 0 Å². The fourth-order valence-corrected chi connectivity index (χ4v) is 2.67. The van der Waals surface area contributed by atoms with Crippen LogP contribution in [0.5, 0.6) is 0 Å². The molecule has 2 heterocycles. The average Bonchev–Trinajstić information content (AvgIpc) is 3.00. The molecular weight excluding hydrogens is 258 g/mol. The summed E-state index contributed by atoms with van der Waals surface area (Å²) >= 11 is 0. The van der Waals surface area contributed by atoms with Crippen LogP contribution in [0.15, 0.2) is 67.0 Å². The lowest BCUT2D eigenvalue weighted by Gasteiger charge is -2.09. The van der Waals surface area contributed by atoms with Gasteiger partial charge in [-0.05, 0) is 35.9 Å². The normalized spacial score (nSPS) is 11.0. The van der Waals surface area contributed by atoms with Crippen molar-refractivity contribution in [1.29, 1.82) is 0 Å². The van der Waals surface area contributed by atoms with Crippen molar-refractivity contribution in [2.24, 2.45) is 0 Å². The third-order valence-electron chi connectivity index (χ3n) is 3.75. The zero-order chi connectivity index (χ0) is 14.1. The number of anilines is 1. The van der Waals surface area contributed by atoms with Crippen molar-refractivity contribution >= 4 is 27.5 Å². The monoisotopic (exact) mass is 273 g/mol. The molecule has 0 spiro atoms. The summed E-state index contributed by atoms with van der Waals surface area (Å²) in [6, 6.07) is 18.8. The van der Waals surface area contributed by atoms with Gasteiger partial charge >= 0.3 is 0 Å². The molecule has 2 aromatic carbocycles. The van der Waals surface area contributed by atoms with Crippen LogP contribution in [0.1, 0.15) is 5.56 Å². The fraction of sp³-hybridized carbons (Fsp3) is 0.0556. The van der Waals surface area contributed by atoms with E-state index in [4.69, 9.17) is 0 Å². The van der Waals surface area contributed by atoms with E-state index in [0.29, 0.717) is 0 Å². The van der Waals surface area contributed by atoms with E-state index in [9.17, 15) is 0 Å². The first-order valence-electron chi connectivity index (χ1n) is 7.04. The largest absolute Gasteiger partial charge is 0.381 e. The Kier molecular flexibility index (Phi) is 2.82. The third kappa shape index (κ3) is 2.23. The van der Waals surface area contributed by atoms with E-state index < -0.39 is 0 Å². The van der Waals surface area contributed by atoms with Gasteiger partial charge in [0.1, 0.15) is 0 Å². The van der Waals surface area contributed by atoms with Crippen molar-refractivity contribution in [3.8, 4) is 0 Å². The van der Waals surface area contributed by atoms with Crippen LogP contribution in [0.25, 0.3) is 21.8 Å². The van der Waals surface area contributed by atoms with Gasteiger partial charge in [-0.15, -0.1) is 0 Å². The Labute approximate surface area is 122 Å². The van der Waals surface area contributed by atoms with Gasteiger partial charge < -0.3 is 10.3 Å². The number of pyridine rings is 1. The Balaban J connectivity index is 1.63. The smallest absolute Gasteiger partial charge is 0.0751 e. The van der Waals surface area contributed by atoms with Gasteiger partial charge in [-0.1, -0.05) is 24.3 Å². The molecule has 2 aromatic heterocycles. The van der Waals surface area contributed by atoms with Crippen LogP contribution in [0.4, 0.5) is 5.69 Å². The van der Waals surface area contributed by atoms with Gasteiger partial charge in [0.05, 0.1) is 5.52 Å². The highest BCUT2D eigenvalue weighted by atomic mass is 14.9. The second kappa shape index (κ2) is 4.94. The third-order valence-corrected chi connectivity index (χ3v) is 3.75. The maximum atomic E-state index is 4.49. The van der Waals surface area contributed by atoms with E-state index in [-0.39, 0.29) is 0 Å². The van der Waals surface area contributed by atoms with E-state index in [1.807, 2.05) is 18.5 Å². The molecule has 0 amide bonds. The lowest BCUT2D eigenvalue weighted by molar-refractivity contribution is 1.15. The summed E-state index contributed by atoms with van der Waals surface area (Å²) in [5.41, 5.74) is 4.56. The molecule has 21 heavy (non-hydrogen) atoms. The molecule has 0 radical (unpaired) electrons. The molecule has 102 valence electrons. The number of benzene rings is 2. The first-order valence-corrected chi connectivity index (χ1v) is 7.04. The molecule has 0 unspecified atom stereocenters. The highest BCUT2D eigenvalue weighted by Crippen LogP contribution is 2.20. The van der Waals surface area contributed by atoms with Crippen molar-refractivity contribution in [2.75, 3.05) is 5.32 Å². The average molecular weight is 273 g/mol. The molecule has 0 atom stereocenters. The summed E-state index contributed by atoms with van der Waals surface area (Å²) in [5.74, 6) is 0. The van der Waals surface area contributed by atoms with Crippen LogP contribution < -0.4 is 5.32 Å². The van der Waals surface area contributed by atoms with E-state index in [2.05, 4.69) is 63.8 Å². The van der Waals surface area contributed by atoms with Crippen molar-refractivity contribution in [2.45, 2.75) is 6.54 Å². The van der Waals surface area contributed by atoms with Gasteiger partial charge in [0.25, 0.3) is 0 Å². The Morgan fingerprint density at radius 1 is 0.952 bits per heavy atom. The number of aromatic nitrogens is 2. The lowest BCUT2D eigenvalue weighted by Crippen LogP contribution is -2.00. The van der Waals surface area contributed by atoms with Gasteiger partial charge in [0.15, 0.2) is 0 Å². The van der Waals surface area contributed by atoms with Crippen LogP contribution in [0, 0.1) is 0 Å². The van der Waals surface area contributed by atoms with Crippen LogP contribution in [0.3, 0.4) is 0 Å². The Hall–Kier alpha value is -2.81. The molecule has 2 N–H and O–H groups in total. The first-order chi connectivity index (χ1) is 10.4. The number of H-pyrrole nitrogens is 1. The molecule has 3 nitrogen and oxygen atoms in total. The van der Waals surface area contributed by atoms with Crippen LogP contribution in [0.2, 0.25) is 0 Å². The predicted molar refractivity (Wildman–Crippen MR) is 87.4 cm³/mol. The molecule has 4 rings (SSSR count). The summed E-state index contributed by atoms with van der Waals surface area (Å²) in [6.07, 6.45) is 3.81. The second-order valence-electron chi connectivity index (χ2n) is 5.13. The summed E-state index contributed by atoms with van der Waals surface area (Å²) in [4.78, 5) is 7.70. The number of para-hydroxylation sites is 1. The molecule has 0 aliphatic carbocycles. The topological polar surface area (TPSA) is 40.7 Å². The molecule has 0 bridgehead atoms. The Morgan fingerprint density at radius 2 is 1.90 bits per heavy atom. The van der Waals surface area contributed by atoms with Crippen LogP contribution >= 0.6 is 0 Å². The van der Waals surface area contributed by atoms with Crippen LogP contribution in [-0.4, -0.2) is 9.97 Å². The van der Waals surface area contributed by atoms with Crippen molar-refractivity contribution < 1.29 is 0 Å². The molecule has 0 aliphatic heterocycles. The zero-order valence-electron chi connectivity index (χ0n) is 11.5. The quantitative estimate of drug-likeness (QED) is 0.583. The minimum absolute atomic E-state index is 0.768. The van der Waals surface area contributed by atoms with Gasteiger partial charge in [-0.2, -0.15) is 0 Å². The SMILES string of the molecule is c1cnc2c(CNc3ccc4[nH]ccc4c3)cccc2c1. The number of fused-ring (bicyclic) bond motifs is 2. The van der Waals surface area contributed by atoms with Crippen LogP contribution in [-0.2, 0) is 6.54 Å². The fourth-order valence-electron chi connectivity index (χ4n) is 2.67. The number of nitrogens with zero attached hydrogens (tertiary/aromatic N) is 1. The highest BCUT2D eigenvalue weighted by molar-refractivity contribution is 5.84. The molecule has 0 saturated carbocycles. The van der Waals surface area contributed by atoms with E-state index in [1.165, 1.54) is 16.3 Å². The van der Waals surface area contributed by atoms with Crippen molar-refractivity contribution in [1.82, 2.24) is 9.97 Å². The Bertz CT molecular complexity index is 903. The standard InChI is InChI=1S/C18H15N3/c1-3-13-5-2-9-20-18(13)15(4-1)12-21-16-6-7-17-14(11-16)8-10-19-17/h1-11,19,21H,12H2. The molecule has 4 aromatic rings. The zero-order valence-corrected chi connectivity index (χ0v) is 11.5. The van der Waals surface area contributed by atoms with E-state index in [1.54, 1.807) is 0 Å². The van der Waals surface area contributed by atoms with E-state index in [0.717, 1.165) is 23.3 Å². The maximum absolute atomic E-state index is 4.49. The summed E-state index contributed by atoms with van der Waals surface area (Å²) < 4.78 is 0. The number of rotatable bonds is 3. The molecule has 0 aliphatic rings. The van der Waals surface area contributed by atoms with Gasteiger partial charge in [0.2, 0.25) is 0 Å². The minimum Gasteiger partial charge on any atom is -0.381 e. The first kappa shape index (κ1) is 12.0. The minimum atomic E-state index is 0.768. The van der Waals surface area contributed by atoms with Crippen molar-refractivity contribution in [3.05, 3.63) is 72.6 Å². The van der Waals surface area contributed by atoms with Gasteiger partial charge in [-0.25, -0.2) is 0 Å². The second-order valence-corrected chi connectivity index (χ2v) is 5.13. The molecule has 0 fully saturated rings. The Morgan fingerprint density at radius 3 is 2.90 bits per heavy atom.